The SMILES string of the molecule is C#CC[NH-].[U]. The van der Waals surface area contributed by atoms with Crippen LogP contribution in [0.5, 0.6) is 0 Å². The van der Waals surface area contributed by atoms with Gasteiger partial charge in [0.2, 0.25) is 0 Å². The molecular formula is C3H4NU-. The number of hydrogen-bond donors (Lipinski definition) is 0. The van der Waals surface area contributed by atoms with E-state index in [1.54, 1.807) is 0 Å². The number of rotatable bonds is 0. The number of nitrogens with one attached hydrogen (secondary N) is 1. The van der Waals surface area contributed by atoms with Crippen molar-refractivity contribution in [1.29, 1.82) is 0 Å². The first kappa shape index (κ1) is 9.13. The van der Waals surface area contributed by atoms with E-state index in [1.165, 1.54) is 0 Å². The zero-order valence-corrected chi connectivity index (χ0v) is 6.95. The third-order valence-electron chi connectivity index (χ3n) is 0.102. The summed E-state index contributed by atoms with van der Waals surface area (Å²) < 4.78 is 0. The van der Waals surface area contributed by atoms with Crippen LogP contribution in [0.1, 0.15) is 0 Å². The molecule has 1 nitrogen and oxygen atoms in total. The minimum Gasteiger partial charge on any atom is -0.667 e. The van der Waals surface area contributed by atoms with Crippen molar-refractivity contribution >= 4 is 0 Å². The maximum atomic E-state index is 6.22. The normalized spacial score (nSPS) is 4.00. The molecule has 0 unspecified atom stereocenters. The molecule has 0 spiro atoms. The first-order chi connectivity index (χ1) is 1.91. The zero-order chi connectivity index (χ0) is 3.41. The molecule has 0 aromatic rings. The van der Waals surface area contributed by atoms with Crippen molar-refractivity contribution < 1.29 is 31.1 Å². The Kier molecular flexibility index (Phi) is 16.1. The Morgan fingerprint density at radius 1 is 1.80 bits per heavy atom. The van der Waals surface area contributed by atoms with Gasteiger partial charge in [-0.3, -0.25) is 0 Å². The summed E-state index contributed by atoms with van der Waals surface area (Å²) >= 11 is 0. The largest absolute Gasteiger partial charge is 0.667 e. The van der Waals surface area contributed by atoms with E-state index >= 15 is 0 Å². The molecule has 1 N–H and O–H groups in total. The van der Waals surface area contributed by atoms with Gasteiger partial charge in [0, 0.05) is 31.1 Å². The van der Waals surface area contributed by atoms with Gasteiger partial charge in [-0.15, -0.1) is 12.3 Å². The average molecular weight is 292 g/mol. The van der Waals surface area contributed by atoms with Gasteiger partial charge >= 0.3 is 0 Å². The molecule has 2 heteroatoms. The van der Waals surface area contributed by atoms with Gasteiger partial charge in [-0.1, -0.05) is 6.54 Å². The molecule has 0 aromatic heterocycles. The molecule has 0 saturated carbocycles. The molecule has 0 saturated heterocycles. The smallest absolute Gasteiger partial charge is 0 e. The van der Waals surface area contributed by atoms with Crippen molar-refractivity contribution in [3.05, 3.63) is 5.73 Å². The summed E-state index contributed by atoms with van der Waals surface area (Å²) in [5.74, 6) is 2.10. The molecule has 0 atom stereocenters. The van der Waals surface area contributed by atoms with Crippen LogP contribution < -0.4 is 0 Å². The molecule has 0 fully saturated rings. The van der Waals surface area contributed by atoms with Gasteiger partial charge in [-0.2, -0.15) is 0 Å². The third kappa shape index (κ3) is 12.2. The average Bonchev–Trinajstić information content (AvgIpc) is 1.37. The second-order valence-corrected chi connectivity index (χ2v) is 0.381. The molecule has 26 valence electrons. The maximum absolute atomic E-state index is 6.22. The Labute approximate surface area is 55.7 Å². The Hall–Kier alpha value is 0.572. The van der Waals surface area contributed by atoms with Crippen molar-refractivity contribution in [1.82, 2.24) is 0 Å². The summed E-state index contributed by atoms with van der Waals surface area (Å²) in [7, 11) is 0. The Morgan fingerprint density at radius 2 is 2.00 bits per heavy atom. The minimum absolute atomic E-state index is 0. The molecule has 0 aliphatic carbocycles. The van der Waals surface area contributed by atoms with E-state index in [-0.39, 0.29) is 37.7 Å². The summed E-state index contributed by atoms with van der Waals surface area (Å²) in [5, 5.41) is 0. The summed E-state index contributed by atoms with van der Waals surface area (Å²) in [6, 6.07) is 0. The van der Waals surface area contributed by atoms with Crippen LogP contribution in [-0.4, -0.2) is 6.54 Å². The van der Waals surface area contributed by atoms with Crippen molar-refractivity contribution in [2.75, 3.05) is 6.54 Å². The van der Waals surface area contributed by atoms with E-state index in [9.17, 15) is 0 Å². The second-order valence-electron chi connectivity index (χ2n) is 0.381. The van der Waals surface area contributed by atoms with Crippen molar-refractivity contribution in [2.24, 2.45) is 0 Å². The standard InChI is InChI=1S/C3H4N.U/c1-2-3-4;/h1,4H,3H2;/q-1;. The van der Waals surface area contributed by atoms with Gasteiger partial charge < -0.3 is 5.73 Å². The fourth-order valence-corrected chi connectivity index (χ4v) is 0. The molecule has 5 heavy (non-hydrogen) atoms. The van der Waals surface area contributed by atoms with Crippen LogP contribution in [0.3, 0.4) is 0 Å². The molecule has 0 bridgehead atoms. The van der Waals surface area contributed by atoms with Crippen LogP contribution >= 0.6 is 0 Å². The molecule has 0 amide bonds. The molecule has 0 aliphatic rings. The van der Waals surface area contributed by atoms with E-state index in [1.807, 2.05) is 0 Å². The fraction of sp³-hybridized carbons (Fsp3) is 0.333. The van der Waals surface area contributed by atoms with Crippen molar-refractivity contribution in [3.8, 4) is 12.3 Å². The first-order valence-electron chi connectivity index (χ1n) is 0.996. The first-order valence-corrected chi connectivity index (χ1v) is 0.996. The summed E-state index contributed by atoms with van der Waals surface area (Å²) in [6.45, 7) is 0.0972. The predicted molar refractivity (Wildman–Crippen MR) is 18.0 cm³/mol. The van der Waals surface area contributed by atoms with Crippen molar-refractivity contribution in [2.45, 2.75) is 0 Å². The van der Waals surface area contributed by atoms with Gasteiger partial charge in [0.25, 0.3) is 0 Å². The second kappa shape index (κ2) is 8.82. The predicted octanol–water partition coefficient (Wildman–Crippen LogP) is 0.672. The van der Waals surface area contributed by atoms with E-state index < -0.39 is 0 Å². The number of terminal acetylenes is 1. The maximum Gasteiger partial charge on any atom is 0 e. The van der Waals surface area contributed by atoms with Gasteiger partial charge in [-0.05, 0) is 0 Å². The fourth-order valence-electron chi connectivity index (χ4n) is 0. The van der Waals surface area contributed by atoms with E-state index in [0.717, 1.165) is 0 Å². The molecule has 0 aliphatic heterocycles. The Bertz CT molecular complexity index is 36.6. The van der Waals surface area contributed by atoms with E-state index in [4.69, 9.17) is 5.73 Å². The Morgan fingerprint density at radius 3 is 2.00 bits per heavy atom. The van der Waals surface area contributed by atoms with Crippen LogP contribution in [0.15, 0.2) is 0 Å². The minimum atomic E-state index is 0. The monoisotopic (exact) mass is 292 g/mol. The van der Waals surface area contributed by atoms with Gasteiger partial charge in [-0.25, -0.2) is 0 Å². The summed E-state index contributed by atoms with van der Waals surface area (Å²) in [6.07, 6.45) is 4.59. The molecular weight excluding hydrogens is 288 g/mol. The van der Waals surface area contributed by atoms with Crippen LogP contribution in [0.25, 0.3) is 5.73 Å². The van der Waals surface area contributed by atoms with Crippen LogP contribution in [-0.2, 0) is 0 Å². The van der Waals surface area contributed by atoms with Crippen LogP contribution in [0.2, 0.25) is 0 Å². The molecule has 0 rings (SSSR count). The van der Waals surface area contributed by atoms with Gasteiger partial charge in [0.05, 0.1) is 0 Å². The summed E-state index contributed by atoms with van der Waals surface area (Å²) in [4.78, 5) is 0. The zero-order valence-electron chi connectivity index (χ0n) is 2.78. The van der Waals surface area contributed by atoms with Crippen LogP contribution in [0, 0.1) is 43.5 Å². The quantitative estimate of drug-likeness (QED) is 0.586. The topological polar surface area (TPSA) is 23.8 Å². The molecule has 0 radical (unpaired) electrons. The van der Waals surface area contributed by atoms with Gasteiger partial charge in [0.1, 0.15) is 0 Å². The molecule has 0 heterocycles. The molecule has 0 aromatic carbocycles. The van der Waals surface area contributed by atoms with E-state index in [0.29, 0.717) is 0 Å². The summed E-state index contributed by atoms with van der Waals surface area (Å²) in [5.41, 5.74) is 6.22. The van der Waals surface area contributed by atoms with E-state index in [2.05, 4.69) is 12.3 Å². The Balaban J connectivity index is 0. The number of hydrogen-bond acceptors (Lipinski definition) is 0. The third-order valence-corrected chi connectivity index (χ3v) is 0.102. The van der Waals surface area contributed by atoms with Crippen LogP contribution in [0.4, 0.5) is 0 Å². The van der Waals surface area contributed by atoms with Gasteiger partial charge in [0.15, 0.2) is 0 Å². The van der Waals surface area contributed by atoms with Crippen molar-refractivity contribution in [3.63, 3.8) is 0 Å².